The molecule has 0 aliphatic heterocycles. The fourth-order valence-corrected chi connectivity index (χ4v) is 6.12. The van der Waals surface area contributed by atoms with E-state index in [1.165, 1.54) is 17.0 Å². The molecule has 0 heterocycles. The summed E-state index contributed by atoms with van der Waals surface area (Å²) in [6, 6.07) is 28.0. The van der Waals surface area contributed by atoms with Gasteiger partial charge in [0, 0.05) is 17.6 Å². The summed E-state index contributed by atoms with van der Waals surface area (Å²) in [5, 5.41) is 3.32. The van der Waals surface area contributed by atoms with Crippen LogP contribution in [0.3, 0.4) is 0 Å². The number of carbonyl (C=O) groups is 2. The zero-order valence-corrected chi connectivity index (χ0v) is 26.7. The van der Waals surface area contributed by atoms with Crippen LogP contribution in [0.4, 0.5) is 5.69 Å². The zero-order chi connectivity index (χ0) is 31.9. The maximum Gasteiger partial charge on any atom is 0.264 e. The molecule has 8 nitrogen and oxygen atoms in total. The van der Waals surface area contributed by atoms with Gasteiger partial charge in [-0.3, -0.25) is 13.9 Å². The molecule has 4 aromatic rings. The number of carbonyl (C=O) groups excluding carboxylic acids is 2. The van der Waals surface area contributed by atoms with Gasteiger partial charge < -0.3 is 15.0 Å². The van der Waals surface area contributed by atoms with Gasteiger partial charge in [-0.05, 0) is 93.9 Å². The van der Waals surface area contributed by atoms with Crippen molar-refractivity contribution in [1.29, 1.82) is 0 Å². The van der Waals surface area contributed by atoms with E-state index >= 15 is 0 Å². The molecule has 0 fully saturated rings. The molecule has 0 radical (unpaired) electrons. The van der Waals surface area contributed by atoms with Crippen molar-refractivity contribution in [3.63, 3.8) is 0 Å². The first-order valence-electron chi connectivity index (χ1n) is 14.2. The van der Waals surface area contributed by atoms with Gasteiger partial charge in [0.25, 0.3) is 10.0 Å². The lowest BCUT2D eigenvalue weighted by atomic mass is 10.1. The summed E-state index contributed by atoms with van der Waals surface area (Å²) in [7, 11) is -4.19. The number of aryl methyl sites for hydroxylation is 1. The van der Waals surface area contributed by atoms with Crippen molar-refractivity contribution in [2.45, 2.75) is 51.2 Å². The minimum absolute atomic E-state index is 0.0347. The Morgan fingerprint density at radius 3 is 2.09 bits per heavy atom. The Kier molecular flexibility index (Phi) is 10.7. The predicted molar refractivity (Wildman–Crippen MR) is 173 cm³/mol. The number of benzene rings is 4. The number of nitrogens with one attached hydrogen (secondary N) is 1. The maximum absolute atomic E-state index is 14.1. The second-order valence-corrected chi connectivity index (χ2v) is 13.0. The fraction of sp³-hybridized carbons (Fsp3) is 0.235. The Balaban J connectivity index is 1.71. The Bertz CT molecular complexity index is 1680. The number of halogens is 1. The van der Waals surface area contributed by atoms with E-state index < -0.39 is 28.5 Å². The van der Waals surface area contributed by atoms with Crippen LogP contribution in [-0.4, -0.2) is 43.8 Å². The monoisotopic (exact) mass is 633 g/mol. The number of para-hydroxylation sites is 1. The maximum atomic E-state index is 14.1. The second kappa shape index (κ2) is 14.4. The van der Waals surface area contributed by atoms with E-state index in [1.807, 2.05) is 51.1 Å². The molecule has 0 aliphatic carbocycles. The van der Waals surface area contributed by atoms with Crippen molar-refractivity contribution < 1.29 is 22.7 Å². The van der Waals surface area contributed by atoms with Gasteiger partial charge in [0.1, 0.15) is 24.1 Å². The van der Waals surface area contributed by atoms with Crippen LogP contribution in [0.15, 0.2) is 108 Å². The van der Waals surface area contributed by atoms with Crippen molar-refractivity contribution in [1.82, 2.24) is 10.2 Å². The average molecular weight is 634 g/mol. The molecule has 44 heavy (non-hydrogen) atoms. The summed E-state index contributed by atoms with van der Waals surface area (Å²) in [5.74, 6) is 0.216. The summed E-state index contributed by atoms with van der Waals surface area (Å²) >= 11 is 6.21. The Labute approximate surface area is 264 Å². The van der Waals surface area contributed by atoms with Crippen LogP contribution in [0, 0.1) is 6.92 Å². The molecule has 10 heteroatoms. The number of rotatable bonds is 12. The van der Waals surface area contributed by atoms with Gasteiger partial charge in [0.2, 0.25) is 11.8 Å². The molecule has 1 unspecified atom stereocenters. The van der Waals surface area contributed by atoms with Crippen molar-refractivity contribution >= 4 is 39.1 Å². The van der Waals surface area contributed by atoms with Crippen LogP contribution in [-0.2, 0) is 26.2 Å². The van der Waals surface area contributed by atoms with E-state index in [9.17, 15) is 18.0 Å². The third kappa shape index (κ3) is 8.39. The highest BCUT2D eigenvalue weighted by Gasteiger charge is 2.32. The highest BCUT2D eigenvalue weighted by molar-refractivity contribution is 7.92. The third-order valence-corrected chi connectivity index (χ3v) is 8.85. The molecule has 4 rings (SSSR count). The van der Waals surface area contributed by atoms with Gasteiger partial charge in [0.15, 0.2) is 0 Å². The normalized spacial score (nSPS) is 12.0. The number of hydrogen-bond donors (Lipinski definition) is 1. The number of amides is 2. The summed E-state index contributed by atoms with van der Waals surface area (Å²) in [5.41, 5.74) is 1.86. The molecular weight excluding hydrogens is 598 g/mol. The van der Waals surface area contributed by atoms with E-state index in [4.69, 9.17) is 16.3 Å². The average Bonchev–Trinajstić information content (AvgIpc) is 2.99. The van der Waals surface area contributed by atoms with E-state index in [0.717, 1.165) is 9.87 Å². The van der Waals surface area contributed by atoms with Crippen molar-refractivity contribution in [2.75, 3.05) is 10.8 Å². The fourth-order valence-electron chi connectivity index (χ4n) is 4.49. The predicted octanol–water partition coefficient (Wildman–Crippen LogP) is 6.58. The quantitative estimate of drug-likeness (QED) is 0.190. The molecule has 4 aromatic carbocycles. The van der Waals surface area contributed by atoms with Gasteiger partial charge in [-0.2, -0.15) is 0 Å². The Hall–Kier alpha value is -4.34. The highest BCUT2D eigenvalue weighted by Crippen LogP contribution is 2.29. The number of ether oxygens (including phenoxy) is 1. The topological polar surface area (TPSA) is 96.0 Å². The summed E-state index contributed by atoms with van der Waals surface area (Å²) in [6.45, 7) is 6.64. The molecule has 0 spiro atoms. The first-order valence-corrected chi connectivity index (χ1v) is 16.0. The Morgan fingerprint density at radius 1 is 0.841 bits per heavy atom. The largest absolute Gasteiger partial charge is 0.457 e. The molecule has 0 aliphatic rings. The van der Waals surface area contributed by atoms with E-state index in [1.54, 1.807) is 67.6 Å². The molecule has 1 N–H and O–H groups in total. The number of sulfonamides is 1. The molecule has 0 saturated carbocycles. The lowest BCUT2D eigenvalue weighted by molar-refractivity contribution is -0.139. The number of anilines is 1. The minimum Gasteiger partial charge on any atom is -0.457 e. The van der Waals surface area contributed by atoms with Crippen molar-refractivity contribution in [3.05, 3.63) is 119 Å². The van der Waals surface area contributed by atoms with E-state index in [-0.39, 0.29) is 29.1 Å². The summed E-state index contributed by atoms with van der Waals surface area (Å²) in [4.78, 5) is 28.5. The first kappa shape index (κ1) is 32.6. The van der Waals surface area contributed by atoms with Crippen LogP contribution in [0.5, 0.6) is 11.5 Å². The van der Waals surface area contributed by atoms with Gasteiger partial charge in [-0.1, -0.05) is 59.6 Å². The lowest BCUT2D eigenvalue weighted by Gasteiger charge is -2.32. The smallest absolute Gasteiger partial charge is 0.264 e. The second-order valence-electron chi connectivity index (χ2n) is 10.7. The Morgan fingerprint density at radius 2 is 1.48 bits per heavy atom. The van der Waals surface area contributed by atoms with Crippen LogP contribution in [0.2, 0.25) is 5.02 Å². The first-order chi connectivity index (χ1) is 20.9. The van der Waals surface area contributed by atoms with Crippen LogP contribution < -0.4 is 14.4 Å². The van der Waals surface area contributed by atoms with Crippen LogP contribution in [0.25, 0.3) is 0 Å². The summed E-state index contributed by atoms with van der Waals surface area (Å²) in [6.07, 6.45) is 0. The highest BCUT2D eigenvalue weighted by atomic mass is 35.5. The lowest BCUT2D eigenvalue weighted by Crippen LogP contribution is -2.52. The molecular formula is C34H36ClN3O5S. The van der Waals surface area contributed by atoms with Gasteiger partial charge in [-0.15, -0.1) is 0 Å². The van der Waals surface area contributed by atoms with E-state index in [2.05, 4.69) is 5.32 Å². The van der Waals surface area contributed by atoms with Crippen molar-refractivity contribution in [3.8, 4) is 11.5 Å². The standard InChI is InChI=1S/C34H36ClN3O5S/c1-24(2)36-34(40)26(4)37(22-27-9-8-10-28(35)21-27)33(39)23-38(44(41,42)32-19-13-25(3)14-20-32)29-15-17-31(18-16-29)43-30-11-6-5-7-12-30/h5-21,24,26H,22-23H2,1-4H3,(H,36,40). The number of nitrogens with zero attached hydrogens (tertiary/aromatic N) is 2. The zero-order valence-electron chi connectivity index (χ0n) is 25.1. The molecule has 0 bridgehead atoms. The number of hydrogen-bond acceptors (Lipinski definition) is 5. The molecule has 0 aromatic heterocycles. The molecule has 2 amide bonds. The van der Waals surface area contributed by atoms with Crippen LogP contribution >= 0.6 is 11.6 Å². The van der Waals surface area contributed by atoms with E-state index in [0.29, 0.717) is 22.1 Å². The minimum atomic E-state index is -4.19. The van der Waals surface area contributed by atoms with Crippen molar-refractivity contribution in [2.24, 2.45) is 0 Å². The summed E-state index contributed by atoms with van der Waals surface area (Å²) < 4.78 is 35.1. The SMILES string of the molecule is Cc1ccc(S(=O)(=O)N(CC(=O)N(Cc2cccc(Cl)c2)C(C)C(=O)NC(C)C)c2ccc(Oc3ccccc3)cc2)cc1. The van der Waals surface area contributed by atoms with Crippen LogP contribution in [0.1, 0.15) is 31.9 Å². The van der Waals surface area contributed by atoms with Gasteiger partial charge >= 0.3 is 0 Å². The molecule has 1 atom stereocenters. The van der Waals surface area contributed by atoms with Gasteiger partial charge in [0.05, 0.1) is 10.6 Å². The third-order valence-electron chi connectivity index (χ3n) is 6.83. The molecule has 0 saturated heterocycles. The van der Waals surface area contributed by atoms with Gasteiger partial charge in [-0.25, -0.2) is 8.42 Å². The molecule has 230 valence electrons.